The number of furan rings is 1. The van der Waals surface area contributed by atoms with Crippen LogP contribution in [0, 0.1) is 0 Å². The lowest BCUT2D eigenvalue weighted by Gasteiger charge is -2.26. The molecule has 24 heavy (non-hydrogen) atoms. The summed E-state index contributed by atoms with van der Waals surface area (Å²) in [5.74, 6) is 1.25. The Morgan fingerprint density at radius 2 is 1.62 bits per heavy atom. The minimum Gasteiger partial charge on any atom is -0.463 e. The summed E-state index contributed by atoms with van der Waals surface area (Å²) in [7, 11) is 0. The molecule has 0 radical (unpaired) electrons. The molecular weight excluding hydrogens is 304 g/mol. The predicted molar refractivity (Wildman–Crippen MR) is 89.2 cm³/mol. The van der Waals surface area contributed by atoms with Gasteiger partial charge in [-0.2, -0.15) is 5.10 Å². The Morgan fingerprint density at radius 3 is 2.25 bits per heavy atom. The Morgan fingerprint density at radius 1 is 0.958 bits per heavy atom. The van der Waals surface area contributed by atoms with Crippen LogP contribution in [0.15, 0.2) is 76.4 Å². The predicted octanol–water partition coefficient (Wildman–Crippen LogP) is 3.67. The van der Waals surface area contributed by atoms with E-state index in [-0.39, 0.29) is 5.91 Å². The number of carbonyl (C=O) groups is 1. The third-order valence-electron chi connectivity index (χ3n) is 3.85. The molecule has 4 rings (SSSR count). The van der Waals surface area contributed by atoms with Crippen molar-refractivity contribution in [2.75, 3.05) is 0 Å². The van der Waals surface area contributed by atoms with E-state index in [1.165, 1.54) is 6.21 Å². The first-order valence-corrected chi connectivity index (χ1v) is 7.55. The van der Waals surface area contributed by atoms with Crippen LogP contribution in [0.2, 0.25) is 0 Å². The van der Waals surface area contributed by atoms with Crippen LogP contribution in [0.3, 0.4) is 0 Å². The van der Waals surface area contributed by atoms with Gasteiger partial charge in [0.05, 0.1) is 18.4 Å². The highest BCUT2D eigenvalue weighted by Crippen LogP contribution is 2.43. The molecule has 0 bridgehead atoms. The van der Waals surface area contributed by atoms with E-state index in [4.69, 9.17) is 9.15 Å². The number of hydrogen-bond acceptors (Lipinski definition) is 4. The summed E-state index contributed by atoms with van der Waals surface area (Å²) < 4.78 is 11.0. The monoisotopic (exact) mass is 318 g/mol. The Hall–Kier alpha value is -3.34. The lowest BCUT2D eigenvalue weighted by molar-refractivity contribution is -0.121. The van der Waals surface area contributed by atoms with Gasteiger partial charge in [0.25, 0.3) is 5.91 Å². The van der Waals surface area contributed by atoms with Gasteiger partial charge < -0.3 is 9.15 Å². The molecule has 0 unspecified atom stereocenters. The fourth-order valence-electron chi connectivity index (χ4n) is 2.78. The topological polar surface area (TPSA) is 63.8 Å². The van der Waals surface area contributed by atoms with Crippen LogP contribution in [0.5, 0.6) is 11.5 Å². The molecule has 5 nitrogen and oxygen atoms in total. The van der Waals surface area contributed by atoms with Gasteiger partial charge in [0.15, 0.2) is 0 Å². The zero-order valence-corrected chi connectivity index (χ0v) is 12.7. The maximum Gasteiger partial charge on any atom is 0.252 e. The summed E-state index contributed by atoms with van der Waals surface area (Å²) in [4.78, 5) is 12.7. The van der Waals surface area contributed by atoms with Gasteiger partial charge in [-0.1, -0.05) is 36.4 Å². The number of ether oxygens (including phenoxy) is 1. The summed E-state index contributed by atoms with van der Waals surface area (Å²) in [6.45, 7) is 0. The van der Waals surface area contributed by atoms with Crippen molar-refractivity contribution in [2.24, 2.45) is 5.10 Å². The normalized spacial score (nSPS) is 13.2. The molecule has 0 atom stereocenters. The third-order valence-corrected chi connectivity index (χ3v) is 3.85. The van der Waals surface area contributed by atoms with Gasteiger partial charge in [-0.25, -0.2) is 5.43 Å². The smallest absolute Gasteiger partial charge is 0.252 e. The Labute approximate surface area is 138 Å². The van der Waals surface area contributed by atoms with Crippen molar-refractivity contribution in [1.29, 1.82) is 0 Å². The summed E-state index contributed by atoms with van der Waals surface area (Å²) in [5.41, 5.74) is 4.23. The zero-order valence-electron chi connectivity index (χ0n) is 12.7. The maximum absolute atomic E-state index is 12.7. The van der Waals surface area contributed by atoms with Crippen LogP contribution >= 0.6 is 0 Å². The van der Waals surface area contributed by atoms with Gasteiger partial charge in [0.1, 0.15) is 17.3 Å². The lowest BCUT2D eigenvalue weighted by Crippen LogP contribution is -2.28. The van der Waals surface area contributed by atoms with Crippen molar-refractivity contribution in [2.45, 2.75) is 5.92 Å². The molecule has 2 aromatic carbocycles. The van der Waals surface area contributed by atoms with Gasteiger partial charge in [-0.3, -0.25) is 4.79 Å². The van der Waals surface area contributed by atoms with Crippen molar-refractivity contribution >= 4 is 12.1 Å². The average molecular weight is 318 g/mol. The van der Waals surface area contributed by atoms with E-state index in [9.17, 15) is 4.79 Å². The fraction of sp³-hybridized carbons (Fsp3) is 0.0526. The van der Waals surface area contributed by atoms with Gasteiger partial charge in [0, 0.05) is 11.1 Å². The Bertz CT molecular complexity index is 855. The molecular formula is C19H14N2O3. The molecule has 1 aliphatic rings. The summed E-state index contributed by atoms with van der Waals surface area (Å²) in [6.07, 6.45) is 3.02. The highest BCUT2D eigenvalue weighted by molar-refractivity contribution is 5.90. The van der Waals surface area contributed by atoms with Crippen molar-refractivity contribution in [3.8, 4) is 11.5 Å². The third kappa shape index (κ3) is 2.56. The van der Waals surface area contributed by atoms with Gasteiger partial charge in [-0.15, -0.1) is 0 Å². The van der Waals surface area contributed by atoms with Gasteiger partial charge in [0.2, 0.25) is 0 Å². The molecule has 0 aliphatic carbocycles. The van der Waals surface area contributed by atoms with Crippen LogP contribution < -0.4 is 10.2 Å². The molecule has 1 amide bonds. The standard InChI is InChI=1S/C19H14N2O3/c22-19(21-20-12-13-6-5-11-23-13)18-14-7-1-3-9-16(14)24-17-10-4-2-8-15(17)18/h1-12,18H,(H,21,22)/b20-12+. The van der Waals surface area contributed by atoms with Crippen molar-refractivity contribution in [3.63, 3.8) is 0 Å². The zero-order chi connectivity index (χ0) is 16.4. The van der Waals surface area contributed by atoms with Crippen LogP contribution in [0.25, 0.3) is 0 Å². The SMILES string of the molecule is O=C(N/N=C/c1ccco1)C1c2ccccc2Oc2ccccc21. The van der Waals surface area contributed by atoms with Crippen molar-refractivity contribution in [3.05, 3.63) is 83.8 Å². The van der Waals surface area contributed by atoms with Crippen molar-refractivity contribution in [1.82, 2.24) is 5.43 Å². The average Bonchev–Trinajstić information content (AvgIpc) is 3.13. The molecule has 0 fully saturated rings. The largest absolute Gasteiger partial charge is 0.463 e. The van der Waals surface area contributed by atoms with Gasteiger partial charge in [-0.05, 0) is 24.3 Å². The molecule has 5 heteroatoms. The van der Waals surface area contributed by atoms with E-state index in [1.54, 1.807) is 18.4 Å². The number of fused-ring (bicyclic) bond motifs is 2. The second kappa shape index (κ2) is 6.04. The number of hydrogen-bond donors (Lipinski definition) is 1. The number of hydrazone groups is 1. The van der Waals surface area contributed by atoms with E-state index >= 15 is 0 Å². The summed E-state index contributed by atoms with van der Waals surface area (Å²) in [5, 5.41) is 3.98. The lowest BCUT2D eigenvalue weighted by atomic mass is 9.87. The van der Waals surface area contributed by atoms with Crippen LogP contribution in [0.1, 0.15) is 22.8 Å². The van der Waals surface area contributed by atoms with E-state index in [2.05, 4.69) is 10.5 Å². The van der Waals surface area contributed by atoms with Crippen LogP contribution in [-0.4, -0.2) is 12.1 Å². The maximum atomic E-state index is 12.7. The molecule has 0 saturated heterocycles. The molecule has 1 aliphatic heterocycles. The number of amides is 1. The first kappa shape index (κ1) is 14.3. The number of nitrogens with zero attached hydrogens (tertiary/aromatic N) is 1. The minimum absolute atomic E-state index is 0.221. The minimum atomic E-state index is -0.472. The molecule has 1 N–H and O–H groups in total. The number of benzene rings is 2. The quantitative estimate of drug-likeness (QED) is 0.592. The number of para-hydroxylation sites is 2. The van der Waals surface area contributed by atoms with E-state index in [0.29, 0.717) is 17.3 Å². The molecule has 2 heterocycles. The number of carbonyl (C=O) groups excluding carboxylic acids is 1. The molecule has 0 spiro atoms. The second-order valence-corrected chi connectivity index (χ2v) is 5.36. The Kier molecular flexibility index (Phi) is 3.59. The van der Waals surface area contributed by atoms with E-state index in [0.717, 1.165) is 11.1 Å². The second-order valence-electron chi connectivity index (χ2n) is 5.36. The van der Waals surface area contributed by atoms with Crippen LogP contribution in [-0.2, 0) is 4.79 Å². The van der Waals surface area contributed by atoms with Crippen LogP contribution in [0.4, 0.5) is 0 Å². The fourth-order valence-corrected chi connectivity index (χ4v) is 2.78. The number of rotatable bonds is 3. The highest BCUT2D eigenvalue weighted by Gasteiger charge is 2.32. The molecule has 3 aromatic rings. The summed E-state index contributed by atoms with van der Waals surface area (Å²) >= 11 is 0. The first-order valence-electron chi connectivity index (χ1n) is 7.55. The first-order chi connectivity index (χ1) is 11.8. The summed E-state index contributed by atoms with van der Waals surface area (Å²) in [6, 6.07) is 18.6. The van der Waals surface area contributed by atoms with Gasteiger partial charge >= 0.3 is 0 Å². The van der Waals surface area contributed by atoms with Crippen molar-refractivity contribution < 1.29 is 13.9 Å². The number of nitrogens with one attached hydrogen (secondary N) is 1. The highest BCUT2D eigenvalue weighted by atomic mass is 16.5. The molecule has 118 valence electrons. The molecule has 0 saturated carbocycles. The Balaban J connectivity index is 1.65. The van der Waals surface area contributed by atoms with E-state index in [1.807, 2.05) is 48.5 Å². The molecule has 1 aromatic heterocycles. The van der Waals surface area contributed by atoms with E-state index < -0.39 is 5.92 Å².